The summed E-state index contributed by atoms with van der Waals surface area (Å²) in [6, 6.07) is 5.41. The summed E-state index contributed by atoms with van der Waals surface area (Å²) in [5.41, 5.74) is 2.60. The molecule has 3 nitrogen and oxygen atoms in total. The molecule has 1 aromatic rings. The molecule has 0 unspecified atom stereocenters. The molecular weight excluding hydrogens is 226 g/mol. The first-order valence-corrected chi connectivity index (χ1v) is 6.70. The lowest BCUT2D eigenvalue weighted by molar-refractivity contribution is 0.0697. The Morgan fingerprint density at radius 3 is 2.61 bits per heavy atom. The Bertz CT molecular complexity index is 438. The number of benzene rings is 1. The van der Waals surface area contributed by atoms with Crippen LogP contribution < -0.4 is 4.90 Å². The molecule has 0 heterocycles. The van der Waals surface area contributed by atoms with E-state index in [0.717, 1.165) is 24.6 Å². The molecule has 1 aromatic carbocycles. The number of rotatable bonds is 5. The molecule has 1 fully saturated rings. The fourth-order valence-electron chi connectivity index (χ4n) is 2.53. The van der Waals surface area contributed by atoms with Crippen molar-refractivity contribution in [3.63, 3.8) is 0 Å². The van der Waals surface area contributed by atoms with E-state index in [0.29, 0.717) is 5.56 Å². The van der Waals surface area contributed by atoms with Gasteiger partial charge in [0.2, 0.25) is 0 Å². The zero-order chi connectivity index (χ0) is 13.1. The molecule has 0 aromatic heterocycles. The zero-order valence-corrected chi connectivity index (χ0v) is 11.1. The molecule has 1 saturated carbocycles. The molecule has 18 heavy (non-hydrogen) atoms. The average Bonchev–Trinajstić information content (AvgIpc) is 2.29. The summed E-state index contributed by atoms with van der Waals surface area (Å²) >= 11 is 0. The molecule has 1 aliphatic carbocycles. The maximum atomic E-state index is 10.9. The van der Waals surface area contributed by atoms with Crippen molar-refractivity contribution < 1.29 is 9.90 Å². The van der Waals surface area contributed by atoms with Gasteiger partial charge in [0, 0.05) is 18.8 Å². The maximum absolute atomic E-state index is 10.9. The molecule has 0 atom stereocenters. The van der Waals surface area contributed by atoms with Crippen LogP contribution in [-0.2, 0) is 0 Å². The summed E-state index contributed by atoms with van der Waals surface area (Å²) in [6.45, 7) is 6.22. The number of carboxylic acid groups (broad SMARTS) is 1. The quantitative estimate of drug-likeness (QED) is 0.867. The highest BCUT2D eigenvalue weighted by atomic mass is 16.4. The highest BCUT2D eigenvalue weighted by molar-refractivity contribution is 5.88. The predicted molar refractivity (Wildman–Crippen MR) is 73.4 cm³/mol. The molecule has 0 aliphatic heterocycles. The number of nitrogens with zero attached hydrogens (tertiary/aromatic N) is 1. The minimum absolute atomic E-state index is 0.371. The van der Waals surface area contributed by atoms with Gasteiger partial charge in [0.1, 0.15) is 0 Å². The number of anilines is 1. The van der Waals surface area contributed by atoms with Gasteiger partial charge < -0.3 is 10.0 Å². The SMILES string of the molecule is CCN(CC1CCC1)c1ccc(C(=O)O)cc1C. The Morgan fingerprint density at radius 2 is 2.17 bits per heavy atom. The molecule has 98 valence electrons. The molecule has 0 saturated heterocycles. The second-order valence-corrected chi connectivity index (χ2v) is 5.14. The van der Waals surface area contributed by atoms with Gasteiger partial charge in [-0.05, 0) is 56.4 Å². The standard InChI is InChI=1S/C15H21NO2/c1-3-16(10-12-5-4-6-12)14-8-7-13(15(17)18)9-11(14)2/h7-9,12H,3-6,10H2,1-2H3,(H,17,18). The van der Waals surface area contributed by atoms with Gasteiger partial charge >= 0.3 is 5.97 Å². The van der Waals surface area contributed by atoms with Crippen molar-refractivity contribution >= 4 is 11.7 Å². The third-order valence-electron chi connectivity index (χ3n) is 3.87. The van der Waals surface area contributed by atoms with Crippen LogP contribution in [0.3, 0.4) is 0 Å². The van der Waals surface area contributed by atoms with Crippen molar-refractivity contribution in [3.05, 3.63) is 29.3 Å². The summed E-state index contributed by atoms with van der Waals surface area (Å²) in [6.07, 6.45) is 4.03. The summed E-state index contributed by atoms with van der Waals surface area (Å²) in [5, 5.41) is 8.97. The monoisotopic (exact) mass is 247 g/mol. The van der Waals surface area contributed by atoms with E-state index in [2.05, 4.69) is 11.8 Å². The van der Waals surface area contributed by atoms with Crippen molar-refractivity contribution in [2.45, 2.75) is 33.1 Å². The Balaban J connectivity index is 2.16. The fraction of sp³-hybridized carbons (Fsp3) is 0.533. The van der Waals surface area contributed by atoms with Gasteiger partial charge in [0.25, 0.3) is 0 Å². The van der Waals surface area contributed by atoms with Crippen LogP contribution in [-0.4, -0.2) is 24.2 Å². The fourth-order valence-corrected chi connectivity index (χ4v) is 2.53. The molecular formula is C15H21NO2. The maximum Gasteiger partial charge on any atom is 0.335 e. The first kappa shape index (κ1) is 12.9. The molecule has 0 spiro atoms. The lowest BCUT2D eigenvalue weighted by Gasteiger charge is -2.34. The van der Waals surface area contributed by atoms with Crippen LogP contribution in [0.2, 0.25) is 0 Å². The largest absolute Gasteiger partial charge is 0.478 e. The van der Waals surface area contributed by atoms with E-state index in [1.807, 2.05) is 13.0 Å². The normalized spacial score (nSPS) is 15.2. The highest BCUT2D eigenvalue weighted by Gasteiger charge is 2.21. The third kappa shape index (κ3) is 2.66. The topological polar surface area (TPSA) is 40.5 Å². The summed E-state index contributed by atoms with van der Waals surface area (Å²) in [7, 11) is 0. The number of aryl methyl sites for hydroxylation is 1. The van der Waals surface area contributed by atoms with Crippen molar-refractivity contribution in [1.82, 2.24) is 0 Å². The number of carbonyl (C=O) groups is 1. The first-order chi connectivity index (χ1) is 8.61. The van der Waals surface area contributed by atoms with Crippen molar-refractivity contribution in [1.29, 1.82) is 0 Å². The van der Waals surface area contributed by atoms with E-state index in [-0.39, 0.29) is 0 Å². The van der Waals surface area contributed by atoms with E-state index in [9.17, 15) is 4.79 Å². The lowest BCUT2D eigenvalue weighted by Crippen LogP contribution is -2.32. The Morgan fingerprint density at radius 1 is 1.44 bits per heavy atom. The minimum Gasteiger partial charge on any atom is -0.478 e. The van der Waals surface area contributed by atoms with Crippen LogP contribution in [0.4, 0.5) is 5.69 Å². The van der Waals surface area contributed by atoms with E-state index in [1.54, 1.807) is 12.1 Å². The third-order valence-corrected chi connectivity index (χ3v) is 3.87. The second-order valence-electron chi connectivity index (χ2n) is 5.14. The van der Waals surface area contributed by atoms with Gasteiger partial charge in [0.05, 0.1) is 5.56 Å². The van der Waals surface area contributed by atoms with Crippen LogP contribution in [0, 0.1) is 12.8 Å². The molecule has 3 heteroatoms. The lowest BCUT2D eigenvalue weighted by atomic mass is 9.85. The predicted octanol–water partition coefficient (Wildman–Crippen LogP) is 3.32. The van der Waals surface area contributed by atoms with Crippen LogP contribution in [0.15, 0.2) is 18.2 Å². The van der Waals surface area contributed by atoms with Gasteiger partial charge in [-0.15, -0.1) is 0 Å². The molecule has 1 aliphatic rings. The van der Waals surface area contributed by atoms with Gasteiger partial charge in [-0.3, -0.25) is 0 Å². The van der Waals surface area contributed by atoms with Gasteiger partial charge in [-0.1, -0.05) is 6.42 Å². The molecule has 0 amide bonds. The number of carboxylic acids is 1. The van der Waals surface area contributed by atoms with Gasteiger partial charge in [-0.25, -0.2) is 4.79 Å². The Kier molecular flexibility index (Phi) is 3.90. The summed E-state index contributed by atoms with van der Waals surface area (Å²) in [5.74, 6) is -0.0322. The minimum atomic E-state index is -0.855. The van der Waals surface area contributed by atoms with E-state index in [1.165, 1.54) is 24.9 Å². The van der Waals surface area contributed by atoms with E-state index in [4.69, 9.17) is 5.11 Å². The van der Waals surface area contributed by atoms with Crippen LogP contribution in [0.5, 0.6) is 0 Å². The number of hydrogen-bond acceptors (Lipinski definition) is 2. The summed E-state index contributed by atoms with van der Waals surface area (Å²) in [4.78, 5) is 13.3. The van der Waals surface area contributed by atoms with E-state index >= 15 is 0 Å². The van der Waals surface area contributed by atoms with Crippen molar-refractivity contribution in [2.24, 2.45) is 5.92 Å². The molecule has 1 N–H and O–H groups in total. The molecule has 0 bridgehead atoms. The highest BCUT2D eigenvalue weighted by Crippen LogP contribution is 2.30. The van der Waals surface area contributed by atoms with Gasteiger partial charge in [0.15, 0.2) is 0 Å². The number of aromatic carboxylic acids is 1. The average molecular weight is 247 g/mol. The van der Waals surface area contributed by atoms with Crippen molar-refractivity contribution in [2.75, 3.05) is 18.0 Å². The molecule has 2 rings (SSSR count). The van der Waals surface area contributed by atoms with Gasteiger partial charge in [-0.2, -0.15) is 0 Å². The Hall–Kier alpha value is -1.51. The van der Waals surface area contributed by atoms with Crippen molar-refractivity contribution in [3.8, 4) is 0 Å². The summed E-state index contributed by atoms with van der Waals surface area (Å²) < 4.78 is 0. The first-order valence-electron chi connectivity index (χ1n) is 6.70. The van der Waals surface area contributed by atoms with Crippen LogP contribution in [0.25, 0.3) is 0 Å². The zero-order valence-electron chi connectivity index (χ0n) is 11.1. The smallest absolute Gasteiger partial charge is 0.335 e. The van der Waals surface area contributed by atoms with Crippen LogP contribution in [0.1, 0.15) is 42.1 Å². The second kappa shape index (κ2) is 5.42. The Labute approximate surface area is 108 Å². The molecule has 0 radical (unpaired) electrons. The van der Waals surface area contributed by atoms with E-state index < -0.39 is 5.97 Å². The van der Waals surface area contributed by atoms with Crippen LogP contribution >= 0.6 is 0 Å². The number of hydrogen-bond donors (Lipinski definition) is 1.